The van der Waals surface area contributed by atoms with Crippen molar-refractivity contribution >= 4 is 51.2 Å². The standard InChI is InChI=1S/C15H17BrN2O4S/c1-2-22-15(21)11(17)8-23-12-7-13(19)18(14(12)20)10-5-3-9(16)4-6-10/h3-6,11-12H,2,7-8,17H2,1H3/t11-,12-/m0/s1. The van der Waals surface area contributed by atoms with Gasteiger partial charge in [-0.15, -0.1) is 11.8 Å². The number of carbonyl (C=O) groups is 3. The van der Waals surface area contributed by atoms with E-state index in [0.717, 1.165) is 4.47 Å². The number of anilines is 1. The van der Waals surface area contributed by atoms with Crippen LogP contribution in [-0.4, -0.2) is 41.4 Å². The van der Waals surface area contributed by atoms with Crippen molar-refractivity contribution in [2.24, 2.45) is 5.73 Å². The van der Waals surface area contributed by atoms with Gasteiger partial charge in [0.1, 0.15) is 6.04 Å². The van der Waals surface area contributed by atoms with Crippen LogP contribution in [0.5, 0.6) is 0 Å². The zero-order valence-corrected chi connectivity index (χ0v) is 14.9. The number of rotatable bonds is 6. The number of thioether (sulfide) groups is 1. The molecule has 0 radical (unpaired) electrons. The van der Waals surface area contributed by atoms with E-state index in [1.54, 1.807) is 31.2 Å². The maximum absolute atomic E-state index is 12.4. The summed E-state index contributed by atoms with van der Waals surface area (Å²) in [6, 6.07) is 6.15. The summed E-state index contributed by atoms with van der Waals surface area (Å²) in [5, 5.41) is -0.522. The molecule has 8 heteroatoms. The summed E-state index contributed by atoms with van der Waals surface area (Å²) in [6.07, 6.45) is 0.106. The average Bonchev–Trinajstić information content (AvgIpc) is 2.80. The van der Waals surface area contributed by atoms with Gasteiger partial charge in [-0.05, 0) is 31.2 Å². The number of nitrogens with zero attached hydrogens (tertiary/aromatic N) is 1. The molecule has 0 unspecified atom stereocenters. The molecule has 2 amide bonds. The molecule has 1 fully saturated rings. The molecule has 0 saturated carbocycles. The Morgan fingerprint density at radius 3 is 2.70 bits per heavy atom. The summed E-state index contributed by atoms with van der Waals surface area (Å²) in [7, 11) is 0. The molecular weight excluding hydrogens is 384 g/mol. The number of nitrogens with two attached hydrogens (primary N) is 1. The van der Waals surface area contributed by atoms with Crippen molar-refractivity contribution in [2.45, 2.75) is 24.6 Å². The van der Waals surface area contributed by atoms with E-state index in [9.17, 15) is 14.4 Å². The van der Waals surface area contributed by atoms with Crippen LogP contribution in [0.25, 0.3) is 0 Å². The highest BCUT2D eigenvalue weighted by Crippen LogP contribution is 2.30. The molecule has 2 rings (SSSR count). The van der Waals surface area contributed by atoms with Gasteiger partial charge in [0.15, 0.2) is 0 Å². The first-order valence-electron chi connectivity index (χ1n) is 7.10. The highest BCUT2D eigenvalue weighted by atomic mass is 79.9. The molecule has 1 aromatic rings. The number of hydrogen-bond donors (Lipinski definition) is 1. The predicted molar refractivity (Wildman–Crippen MR) is 92.1 cm³/mol. The van der Waals surface area contributed by atoms with Gasteiger partial charge in [0.25, 0.3) is 0 Å². The summed E-state index contributed by atoms with van der Waals surface area (Å²) in [5.74, 6) is -0.795. The largest absolute Gasteiger partial charge is 0.465 e. The van der Waals surface area contributed by atoms with Crippen molar-refractivity contribution in [3.05, 3.63) is 28.7 Å². The minimum absolute atomic E-state index is 0.106. The maximum atomic E-state index is 12.4. The Hall–Kier alpha value is -1.38. The molecule has 0 aromatic heterocycles. The lowest BCUT2D eigenvalue weighted by Crippen LogP contribution is -2.36. The first-order chi connectivity index (χ1) is 10.9. The number of esters is 1. The molecule has 0 aliphatic carbocycles. The quantitative estimate of drug-likeness (QED) is 0.577. The number of hydrogen-bond acceptors (Lipinski definition) is 6. The van der Waals surface area contributed by atoms with Crippen molar-refractivity contribution in [3.8, 4) is 0 Å². The third-order valence-corrected chi connectivity index (χ3v) is 5.11. The minimum atomic E-state index is -0.801. The molecule has 1 aliphatic heterocycles. The number of amides is 2. The smallest absolute Gasteiger partial charge is 0.323 e. The van der Waals surface area contributed by atoms with Gasteiger partial charge in [-0.1, -0.05) is 15.9 Å². The van der Waals surface area contributed by atoms with Gasteiger partial charge in [-0.3, -0.25) is 14.4 Å². The van der Waals surface area contributed by atoms with Gasteiger partial charge in [0.2, 0.25) is 11.8 Å². The van der Waals surface area contributed by atoms with E-state index in [-0.39, 0.29) is 30.6 Å². The number of imide groups is 1. The van der Waals surface area contributed by atoms with Crippen molar-refractivity contribution in [1.29, 1.82) is 0 Å². The van der Waals surface area contributed by atoms with Crippen LogP contribution in [0.4, 0.5) is 5.69 Å². The van der Waals surface area contributed by atoms with Gasteiger partial charge in [0, 0.05) is 16.6 Å². The molecule has 6 nitrogen and oxygen atoms in total. The van der Waals surface area contributed by atoms with Gasteiger partial charge in [-0.25, -0.2) is 4.90 Å². The second-order valence-corrected chi connectivity index (χ2v) is 7.08. The van der Waals surface area contributed by atoms with Crippen LogP contribution in [-0.2, 0) is 19.1 Å². The summed E-state index contributed by atoms with van der Waals surface area (Å²) in [5.41, 5.74) is 6.26. The molecule has 23 heavy (non-hydrogen) atoms. The Bertz CT molecular complexity index is 608. The third kappa shape index (κ3) is 4.33. The highest BCUT2D eigenvalue weighted by Gasteiger charge is 2.40. The Kier molecular flexibility index (Phi) is 6.20. The molecule has 1 aromatic carbocycles. The molecule has 2 N–H and O–H groups in total. The van der Waals surface area contributed by atoms with Crippen LogP contribution < -0.4 is 10.6 Å². The molecule has 0 spiro atoms. The lowest BCUT2D eigenvalue weighted by Gasteiger charge is -2.15. The molecule has 0 bridgehead atoms. The Labute approximate surface area is 146 Å². The molecule has 1 saturated heterocycles. The summed E-state index contributed by atoms with van der Waals surface area (Å²) in [6.45, 7) is 1.96. The van der Waals surface area contributed by atoms with Crippen molar-refractivity contribution in [2.75, 3.05) is 17.3 Å². The van der Waals surface area contributed by atoms with E-state index >= 15 is 0 Å². The number of carbonyl (C=O) groups excluding carboxylic acids is 3. The Morgan fingerprint density at radius 1 is 1.43 bits per heavy atom. The van der Waals surface area contributed by atoms with E-state index < -0.39 is 17.3 Å². The van der Waals surface area contributed by atoms with Crippen LogP contribution in [0, 0.1) is 0 Å². The van der Waals surface area contributed by atoms with E-state index in [1.165, 1.54) is 16.7 Å². The van der Waals surface area contributed by atoms with Crippen LogP contribution >= 0.6 is 27.7 Å². The molecule has 2 atom stereocenters. The van der Waals surface area contributed by atoms with E-state index in [4.69, 9.17) is 10.5 Å². The fourth-order valence-corrected chi connectivity index (χ4v) is 3.48. The lowest BCUT2D eigenvalue weighted by atomic mass is 10.3. The first kappa shape index (κ1) is 18.0. The van der Waals surface area contributed by atoms with Gasteiger partial charge < -0.3 is 10.5 Å². The van der Waals surface area contributed by atoms with E-state index in [2.05, 4.69) is 15.9 Å². The number of ether oxygens (including phenoxy) is 1. The second kappa shape index (κ2) is 7.94. The Balaban J connectivity index is 1.98. The SMILES string of the molecule is CCOC(=O)[C@@H](N)CS[C@H]1CC(=O)N(c2ccc(Br)cc2)C1=O. The Morgan fingerprint density at radius 2 is 2.09 bits per heavy atom. The number of benzene rings is 1. The van der Waals surface area contributed by atoms with Crippen molar-refractivity contribution in [3.63, 3.8) is 0 Å². The second-order valence-electron chi connectivity index (χ2n) is 4.93. The minimum Gasteiger partial charge on any atom is -0.465 e. The van der Waals surface area contributed by atoms with Crippen molar-refractivity contribution in [1.82, 2.24) is 0 Å². The summed E-state index contributed by atoms with van der Waals surface area (Å²) < 4.78 is 5.69. The zero-order valence-electron chi connectivity index (χ0n) is 12.5. The normalized spacial score (nSPS) is 19.1. The van der Waals surface area contributed by atoms with E-state index in [0.29, 0.717) is 5.69 Å². The van der Waals surface area contributed by atoms with Crippen LogP contribution in [0.2, 0.25) is 0 Å². The van der Waals surface area contributed by atoms with Crippen molar-refractivity contribution < 1.29 is 19.1 Å². The fraction of sp³-hybridized carbons (Fsp3) is 0.400. The highest BCUT2D eigenvalue weighted by molar-refractivity contribution is 9.10. The molecular formula is C15H17BrN2O4S. The fourth-order valence-electron chi connectivity index (χ4n) is 2.13. The molecule has 124 valence electrons. The molecule has 1 aliphatic rings. The average molecular weight is 401 g/mol. The molecule has 1 heterocycles. The number of halogens is 1. The van der Waals surface area contributed by atoms with Gasteiger partial charge >= 0.3 is 5.97 Å². The predicted octanol–water partition coefficient (Wildman–Crippen LogP) is 1.70. The summed E-state index contributed by atoms with van der Waals surface area (Å²) in [4.78, 5) is 37.2. The van der Waals surface area contributed by atoms with Crippen LogP contribution in [0.3, 0.4) is 0 Å². The maximum Gasteiger partial charge on any atom is 0.323 e. The van der Waals surface area contributed by atoms with Gasteiger partial charge in [-0.2, -0.15) is 0 Å². The third-order valence-electron chi connectivity index (χ3n) is 3.26. The van der Waals surface area contributed by atoms with E-state index in [1.807, 2.05) is 0 Å². The lowest BCUT2D eigenvalue weighted by molar-refractivity contribution is -0.144. The topological polar surface area (TPSA) is 89.7 Å². The summed E-state index contributed by atoms with van der Waals surface area (Å²) >= 11 is 4.53. The monoisotopic (exact) mass is 400 g/mol. The van der Waals surface area contributed by atoms with Crippen LogP contribution in [0.15, 0.2) is 28.7 Å². The zero-order chi connectivity index (χ0) is 17.0. The first-order valence-corrected chi connectivity index (χ1v) is 8.94. The van der Waals surface area contributed by atoms with Gasteiger partial charge in [0.05, 0.1) is 17.5 Å². The van der Waals surface area contributed by atoms with Crippen LogP contribution in [0.1, 0.15) is 13.3 Å².